The lowest BCUT2D eigenvalue weighted by Gasteiger charge is -1.95. The zero-order valence-corrected chi connectivity index (χ0v) is 8.90. The molecular formula is C13H11NO2. The molecule has 0 saturated heterocycles. The third-order valence-electron chi connectivity index (χ3n) is 2.25. The molecule has 16 heavy (non-hydrogen) atoms. The number of aliphatic hydroxyl groups excluding tert-OH is 1. The van der Waals surface area contributed by atoms with Gasteiger partial charge in [-0.05, 0) is 12.8 Å². The van der Waals surface area contributed by atoms with Crippen LogP contribution in [0, 0.1) is 18.8 Å². The summed E-state index contributed by atoms with van der Waals surface area (Å²) in [6.45, 7) is 1.73. The Balaban J connectivity index is 2.41. The van der Waals surface area contributed by atoms with Crippen molar-refractivity contribution in [2.75, 3.05) is 6.61 Å². The highest BCUT2D eigenvalue weighted by Gasteiger charge is 2.11. The lowest BCUT2D eigenvalue weighted by atomic mass is 10.1. The molecule has 0 atom stereocenters. The molecule has 0 unspecified atom stereocenters. The van der Waals surface area contributed by atoms with Gasteiger partial charge < -0.3 is 9.63 Å². The smallest absolute Gasteiger partial charge is 0.171 e. The van der Waals surface area contributed by atoms with E-state index in [1.54, 1.807) is 0 Å². The van der Waals surface area contributed by atoms with Gasteiger partial charge in [-0.15, -0.1) is 0 Å². The van der Waals surface area contributed by atoms with E-state index in [0.29, 0.717) is 5.69 Å². The van der Waals surface area contributed by atoms with E-state index in [1.165, 1.54) is 0 Å². The Morgan fingerprint density at radius 2 is 2.06 bits per heavy atom. The van der Waals surface area contributed by atoms with E-state index >= 15 is 0 Å². The molecule has 0 amide bonds. The van der Waals surface area contributed by atoms with Crippen molar-refractivity contribution in [3.05, 3.63) is 41.6 Å². The van der Waals surface area contributed by atoms with E-state index < -0.39 is 0 Å². The van der Waals surface area contributed by atoms with Crippen LogP contribution in [0.3, 0.4) is 0 Å². The summed E-state index contributed by atoms with van der Waals surface area (Å²) in [6, 6.07) is 9.74. The van der Waals surface area contributed by atoms with E-state index in [9.17, 15) is 0 Å². The zero-order valence-electron chi connectivity index (χ0n) is 8.90. The Labute approximate surface area is 93.7 Å². The second kappa shape index (κ2) is 4.65. The number of aliphatic hydroxyl groups is 1. The van der Waals surface area contributed by atoms with Gasteiger partial charge in [0.15, 0.2) is 11.5 Å². The molecular weight excluding hydrogens is 202 g/mol. The Hall–Kier alpha value is -2.05. The second-order valence-electron chi connectivity index (χ2n) is 3.31. The fourth-order valence-electron chi connectivity index (χ4n) is 1.43. The molecule has 0 fully saturated rings. The summed E-state index contributed by atoms with van der Waals surface area (Å²) in [5.74, 6) is 6.03. The predicted octanol–water partition coefficient (Wildman–Crippen LogP) is 1.99. The minimum Gasteiger partial charge on any atom is -0.384 e. The minimum absolute atomic E-state index is 0.174. The summed E-state index contributed by atoms with van der Waals surface area (Å²) >= 11 is 0. The van der Waals surface area contributed by atoms with Crippen LogP contribution in [0.25, 0.3) is 11.3 Å². The average Bonchev–Trinajstić information content (AvgIpc) is 2.69. The SMILES string of the molecule is Cc1c(C#CCO)noc1-c1ccccc1. The number of hydrogen-bond acceptors (Lipinski definition) is 3. The molecule has 1 heterocycles. The largest absolute Gasteiger partial charge is 0.384 e. The average molecular weight is 213 g/mol. The van der Waals surface area contributed by atoms with Crippen molar-refractivity contribution in [3.8, 4) is 23.2 Å². The topological polar surface area (TPSA) is 46.3 Å². The predicted molar refractivity (Wildman–Crippen MR) is 60.6 cm³/mol. The normalized spacial score (nSPS) is 9.62. The fourth-order valence-corrected chi connectivity index (χ4v) is 1.43. The van der Waals surface area contributed by atoms with Crippen LogP contribution in [0.2, 0.25) is 0 Å². The number of benzene rings is 1. The standard InChI is InChI=1S/C13H11NO2/c1-10-12(8-5-9-15)14-16-13(10)11-6-3-2-4-7-11/h2-4,6-7,15H,9H2,1H3. The van der Waals surface area contributed by atoms with Gasteiger partial charge in [0.05, 0.1) is 0 Å². The highest BCUT2D eigenvalue weighted by molar-refractivity contribution is 5.63. The van der Waals surface area contributed by atoms with Gasteiger partial charge >= 0.3 is 0 Å². The van der Waals surface area contributed by atoms with Crippen molar-refractivity contribution in [3.63, 3.8) is 0 Å². The molecule has 80 valence electrons. The maximum atomic E-state index is 8.61. The quantitative estimate of drug-likeness (QED) is 0.737. The lowest BCUT2D eigenvalue weighted by Crippen LogP contribution is -1.81. The molecule has 0 aliphatic carbocycles. The first-order chi connectivity index (χ1) is 7.83. The summed E-state index contributed by atoms with van der Waals surface area (Å²) in [6.07, 6.45) is 0. The molecule has 3 nitrogen and oxygen atoms in total. The van der Waals surface area contributed by atoms with Gasteiger partial charge in [-0.1, -0.05) is 41.4 Å². The maximum Gasteiger partial charge on any atom is 0.171 e. The van der Waals surface area contributed by atoms with Crippen molar-refractivity contribution in [1.82, 2.24) is 5.16 Å². The monoisotopic (exact) mass is 213 g/mol. The molecule has 2 rings (SSSR count). The van der Waals surface area contributed by atoms with Gasteiger partial charge in [0, 0.05) is 11.1 Å². The fraction of sp³-hybridized carbons (Fsp3) is 0.154. The third-order valence-corrected chi connectivity index (χ3v) is 2.25. The van der Waals surface area contributed by atoms with Crippen LogP contribution in [0.15, 0.2) is 34.9 Å². The van der Waals surface area contributed by atoms with Crippen LogP contribution in [0.4, 0.5) is 0 Å². The molecule has 1 aromatic heterocycles. The molecule has 0 radical (unpaired) electrons. The first-order valence-electron chi connectivity index (χ1n) is 4.94. The number of hydrogen-bond donors (Lipinski definition) is 1. The Kier molecular flexibility index (Phi) is 3.04. The zero-order chi connectivity index (χ0) is 11.4. The molecule has 3 heteroatoms. The molecule has 1 aromatic carbocycles. The Morgan fingerprint density at radius 3 is 2.75 bits per heavy atom. The van der Waals surface area contributed by atoms with E-state index in [4.69, 9.17) is 9.63 Å². The van der Waals surface area contributed by atoms with Gasteiger partial charge in [-0.2, -0.15) is 0 Å². The summed E-state index contributed by atoms with van der Waals surface area (Å²) in [7, 11) is 0. The highest BCUT2D eigenvalue weighted by atomic mass is 16.5. The Morgan fingerprint density at radius 1 is 1.31 bits per heavy atom. The molecule has 0 aliphatic rings. The van der Waals surface area contributed by atoms with Gasteiger partial charge in [0.2, 0.25) is 0 Å². The Bertz CT molecular complexity index is 532. The molecule has 2 aromatic rings. The molecule has 0 bridgehead atoms. The van der Waals surface area contributed by atoms with E-state index in [-0.39, 0.29) is 6.61 Å². The molecule has 0 saturated carbocycles. The van der Waals surface area contributed by atoms with Crippen LogP contribution in [-0.4, -0.2) is 16.9 Å². The minimum atomic E-state index is -0.174. The van der Waals surface area contributed by atoms with E-state index in [0.717, 1.165) is 16.9 Å². The molecule has 0 aliphatic heterocycles. The number of rotatable bonds is 1. The van der Waals surface area contributed by atoms with Crippen LogP contribution in [0.5, 0.6) is 0 Å². The van der Waals surface area contributed by atoms with Crippen LogP contribution in [0.1, 0.15) is 11.3 Å². The van der Waals surface area contributed by atoms with Crippen molar-refractivity contribution in [2.45, 2.75) is 6.92 Å². The number of aromatic nitrogens is 1. The molecule has 0 spiro atoms. The van der Waals surface area contributed by atoms with E-state index in [2.05, 4.69) is 17.0 Å². The summed E-state index contributed by atoms with van der Waals surface area (Å²) in [5.41, 5.74) is 2.45. The second-order valence-corrected chi connectivity index (χ2v) is 3.31. The summed E-state index contributed by atoms with van der Waals surface area (Å²) in [5, 5.41) is 12.5. The summed E-state index contributed by atoms with van der Waals surface area (Å²) < 4.78 is 5.24. The van der Waals surface area contributed by atoms with Crippen molar-refractivity contribution in [2.24, 2.45) is 0 Å². The van der Waals surface area contributed by atoms with E-state index in [1.807, 2.05) is 37.3 Å². The van der Waals surface area contributed by atoms with Crippen molar-refractivity contribution in [1.29, 1.82) is 0 Å². The first-order valence-corrected chi connectivity index (χ1v) is 4.94. The first kappa shape index (κ1) is 10.5. The lowest BCUT2D eigenvalue weighted by molar-refractivity contribution is 0.350. The van der Waals surface area contributed by atoms with Gasteiger partial charge in [0.1, 0.15) is 6.61 Å². The van der Waals surface area contributed by atoms with Crippen LogP contribution in [-0.2, 0) is 0 Å². The maximum absolute atomic E-state index is 8.61. The van der Waals surface area contributed by atoms with Crippen molar-refractivity contribution < 1.29 is 9.63 Å². The third kappa shape index (κ3) is 1.97. The van der Waals surface area contributed by atoms with Gasteiger partial charge in [-0.3, -0.25) is 0 Å². The number of nitrogens with zero attached hydrogens (tertiary/aromatic N) is 1. The van der Waals surface area contributed by atoms with Crippen molar-refractivity contribution >= 4 is 0 Å². The van der Waals surface area contributed by atoms with Crippen LogP contribution < -0.4 is 0 Å². The van der Waals surface area contributed by atoms with Crippen LogP contribution >= 0.6 is 0 Å². The summed E-state index contributed by atoms with van der Waals surface area (Å²) in [4.78, 5) is 0. The highest BCUT2D eigenvalue weighted by Crippen LogP contribution is 2.24. The van der Waals surface area contributed by atoms with Gasteiger partial charge in [0.25, 0.3) is 0 Å². The molecule has 1 N–H and O–H groups in total. The van der Waals surface area contributed by atoms with Gasteiger partial charge in [-0.25, -0.2) is 0 Å².